The van der Waals surface area contributed by atoms with E-state index in [4.69, 9.17) is 0 Å². The van der Waals surface area contributed by atoms with E-state index in [1.165, 1.54) is 25.7 Å². The van der Waals surface area contributed by atoms with Gasteiger partial charge in [-0.05, 0) is 31.7 Å². The van der Waals surface area contributed by atoms with E-state index in [2.05, 4.69) is 24.5 Å². The van der Waals surface area contributed by atoms with Gasteiger partial charge >= 0.3 is 0 Å². The summed E-state index contributed by atoms with van der Waals surface area (Å²) in [5, 5.41) is 6.31. The molecule has 0 saturated heterocycles. The quantitative estimate of drug-likeness (QED) is 0.698. The highest BCUT2D eigenvalue weighted by Crippen LogP contribution is 2.17. The molecule has 0 radical (unpaired) electrons. The van der Waals surface area contributed by atoms with Crippen LogP contribution in [0.4, 0.5) is 0 Å². The van der Waals surface area contributed by atoms with E-state index in [9.17, 15) is 4.79 Å². The van der Waals surface area contributed by atoms with Crippen LogP contribution in [0, 0.1) is 5.92 Å². The fourth-order valence-electron chi connectivity index (χ4n) is 2.38. The van der Waals surface area contributed by atoms with Gasteiger partial charge in [0.05, 0.1) is 6.54 Å². The maximum Gasteiger partial charge on any atom is 0.234 e. The molecule has 0 aromatic heterocycles. The Kier molecular flexibility index (Phi) is 6.46. The Morgan fingerprint density at radius 2 is 2.06 bits per heavy atom. The Morgan fingerprint density at radius 3 is 2.69 bits per heavy atom. The first-order chi connectivity index (χ1) is 7.72. The zero-order valence-corrected chi connectivity index (χ0v) is 10.7. The summed E-state index contributed by atoms with van der Waals surface area (Å²) in [6.07, 6.45) is 7.32. The Balaban J connectivity index is 2.01. The van der Waals surface area contributed by atoms with Gasteiger partial charge in [0, 0.05) is 6.04 Å². The molecule has 0 aromatic carbocycles. The second-order valence-electron chi connectivity index (χ2n) is 5.07. The van der Waals surface area contributed by atoms with Gasteiger partial charge in [0.2, 0.25) is 5.91 Å². The van der Waals surface area contributed by atoms with Crippen LogP contribution in [0.15, 0.2) is 0 Å². The first kappa shape index (κ1) is 13.5. The second kappa shape index (κ2) is 7.66. The van der Waals surface area contributed by atoms with Gasteiger partial charge in [0.15, 0.2) is 0 Å². The largest absolute Gasteiger partial charge is 0.352 e. The SMILES string of the molecule is CCCC(C)CNCC(=O)NC1CCCC1. The van der Waals surface area contributed by atoms with E-state index in [0.29, 0.717) is 18.5 Å². The molecule has 0 bridgehead atoms. The zero-order valence-electron chi connectivity index (χ0n) is 10.7. The van der Waals surface area contributed by atoms with E-state index in [1.807, 2.05) is 0 Å². The van der Waals surface area contributed by atoms with Crippen LogP contribution < -0.4 is 10.6 Å². The summed E-state index contributed by atoms with van der Waals surface area (Å²) >= 11 is 0. The third kappa shape index (κ3) is 5.50. The molecule has 1 aliphatic rings. The monoisotopic (exact) mass is 226 g/mol. The number of carbonyl (C=O) groups excluding carboxylic acids is 1. The van der Waals surface area contributed by atoms with Crippen LogP contribution in [0.25, 0.3) is 0 Å². The molecule has 0 heterocycles. The lowest BCUT2D eigenvalue weighted by Crippen LogP contribution is -2.40. The average Bonchev–Trinajstić information content (AvgIpc) is 2.70. The lowest BCUT2D eigenvalue weighted by molar-refractivity contribution is -0.120. The van der Waals surface area contributed by atoms with Crippen molar-refractivity contribution in [1.29, 1.82) is 0 Å². The van der Waals surface area contributed by atoms with Crippen molar-refractivity contribution in [3.8, 4) is 0 Å². The lowest BCUT2D eigenvalue weighted by Gasteiger charge is -2.14. The molecule has 94 valence electrons. The molecule has 1 atom stereocenters. The molecule has 1 fully saturated rings. The van der Waals surface area contributed by atoms with E-state index < -0.39 is 0 Å². The summed E-state index contributed by atoms with van der Waals surface area (Å²) in [6.45, 7) is 5.85. The number of nitrogens with one attached hydrogen (secondary N) is 2. The molecular formula is C13H26N2O. The van der Waals surface area contributed by atoms with Gasteiger partial charge in [-0.25, -0.2) is 0 Å². The maximum absolute atomic E-state index is 11.6. The van der Waals surface area contributed by atoms with E-state index in [1.54, 1.807) is 0 Å². The van der Waals surface area contributed by atoms with Gasteiger partial charge in [-0.1, -0.05) is 33.1 Å². The fourth-order valence-corrected chi connectivity index (χ4v) is 2.38. The smallest absolute Gasteiger partial charge is 0.234 e. The van der Waals surface area contributed by atoms with Crippen molar-refractivity contribution in [3.05, 3.63) is 0 Å². The average molecular weight is 226 g/mol. The van der Waals surface area contributed by atoms with Crippen LogP contribution in [0.3, 0.4) is 0 Å². The van der Waals surface area contributed by atoms with Crippen molar-refractivity contribution in [3.63, 3.8) is 0 Å². The zero-order chi connectivity index (χ0) is 11.8. The Hall–Kier alpha value is -0.570. The lowest BCUT2D eigenvalue weighted by atomic mass is 10.1. The van der Waals surface area contributed by atoms with E-state index in [-0.39, 0.29) is 5.91 Å². The second-order valence-corrected chi connectivity index (χ2v) is 5.07. The van der Waals surface area contributed by atoms with Crippen LogP contribution in [0.1, 0.15) is 52.4 Å². The number of amides is 1. The number of carbonyl (C=O) groups is 1. The first-order valence-corrected chi connectivity index (χ1v) is 6.72. The Labute approximate surface area is 99.4 Å². The standard InChI is InChI=1S/C13H26N2O/c1-3-6-11(2)9-14-10-13(16)15-12-7-4-5-8-12/h11-12,14H,3-10H2,1-2H3,(H,15,16). The third-order valence-electron chi connectivity index (χ3n) is 3.28. The Bertz CT molecular complexity index is 200. The van der Waals surface area contributed by atoms with E-state index >= 15 is 0 Å². The van der Waals surface area contributed by atoms with Gasteiger partial charge in [0.1, 0.15) is 0 Å². The predicted octanol–water partition coefficient (Wildman–Crippen LogP) is 2.07. The summed E-state index contributed by atoms with van der Waals surface area (Å²) in [4.78, 5) is 11.6. The van der Waals surface area contributed by atoms with Crippen molar-refractivity contribution in [2.75, 3.05) is 13.1 Å². The highest BCUT2D eigenvalue weighted by Gasteiger charge is 2.16. The molecule has 0 aliphatic heterocycles. The third-order valence-corrected chi connectivity index (χ3v) is 3.28. The van der Waals surface area contributed by atoms with Gasteiger partial charge in [0.25, 0.3) is 0 Å². The molecular weight excluding hydrogens is 200 g/mol. The van der Waals surface area contributed by atoms with Crippen LogP contribution in [0.2, 0.25) is 0 Å². The van der Waals surface area contributed by atoms with Gasteiger partial charge in [-0.3, -0.25) is 4.79 Å². The fraction of sp³-hybridized carbons (Fsp3) is 0.923. The summed E-state index contributed by atoms with van der Waals surface area (Å²) in [6, 6.07) is 0.447. The summed E-state index contributed by atoms with van der Waals surface area (Å²) in [7, 11) is 0. The van der Waals surface area contributed by atoms with Crippen molar-refractivity contribution >= 4 is 5.91 Å². The number of hydrogen-bond acceptors (Lipinski definition) is 2. The number of rotatable bonds is 7. The van der Waals surface area contributed by atoms with Crippen molar-refractivity contribution < 1.29 is 4.79 Å². The normalized spacial score (nSPS) is 18.6. The molecule has 3 nitrogen and oxygen atoms in total. The molecule has 2 N–H and O–H groups in total. The van der Waals surface area contributed by atoms with Gasteiger partial charge < -0.3 is 10.6 Å². The van der Waals surface area contributed by atoms with Crippen LogP contribution in [-0.2, 0) is 4.79 Å². The molecule has 3 heteroatoms. The highest BCUT2D eigenvalue weighted by molar-refractivity contribution is 5.78. The molecule has 1 amide bonds. The molecule has 16 heavy (non-hydrogen) atoms. The summed E-state index contributed by atoms with van der Waals surface area (Å²) < 4.78 is 0. The minimum atomic E-state index is 0.163. The van der Waals surface area contributed by atoms with Gasteiger partial charge in [-0.15, -0.1) is 0 Å². The molecule has 1 aliphatic carbocycles. The summed E-state index contributed by atoms with van der Waals surface area (Å²) in [5.41, 5.74) is 0. The van der Waals surface area contributed by atoms with Gasteiger partial charge in [-0.2, -0.15) is 0 Å². The van der Waals surface area contributed by atoms with Crippen LogP contribution in [-0.4, -0.2) is 25.0 Å². The van der Waals surface area contributed by atoms with Crippen molar-refractivity contribution in [1.82, 2.24) is 10.6 Å². The maximum atomic E-state index is 11.6. The summed E-state index contributed by atoms with van der Waals surface area (Å²) in [5.74, 6) is 0.833. The molecule has 1 rings (SSSR count). The number of hydrogen-bond donors (Lipinski definition) is 2. The van der Waals surface area contributed by atoms with E-state index in [0.717, 1.165) is 19.4 Å². The van der Waals surface area contributed by atoms with Crippen molar-refractivity contribution in [2.45, 2.75) is 58.4 Å². The minimum Gasteiger partial charge on any atom is -0.352 e. The van der Waals surface area contributed by atoms with Crippen LogP contribution >= 0.6 is 0 Å². The Morgan fingerprint density at radius 1 is 1.38 bits per heavy atom. The molecule has 0 aromatic rings. The first-order valence-electron chi connectivity index (χ1n) is 6.72. The molecule has 1 unspecified atom stereocenters. The van der Waals surface area contributed by atoms with Crippen LogP contribution in [0.5, 0.6) is 0 Å². The van der Waals surface area contributed by atoms with Crippen molar-refractivity contribution in [2.24, 2.45) is 5.92 Å². The predicted molar refractivity (Wildman–Crippen MR) is 67.3 cm³/mol. The topological polar surface area (TPSA) is 41.1 Å². The highest BCUT2D eigenvalue weighted by atomic mass is 16.1. The molecule has 0 spiro atoms. The molecule has 1 saturated carbocycles. The minimum absolute atomic E-state index is 0.163.